The Balaban J connectivity index is 0.000000640. The summed E-state index contributed by atoms with van der Waals surface area (Å²) < 4.78 is 1.26. The van der Waals surface area contributed by atoms with E-state index < -0.39 is 0 Å². The molecule has 0 nitrogen and oxygen atoms in total. The maximum absolute atomic E-state index is 3.76. The van der Waals surface area contributed by atoms with Gasteiger partial charge in [0.2, 0.25) is 0 Å². The first-order valence-electron chi connectivity index (χ1n) is 2.36. The van der Waals surface area contributed by atoms with Gasteiger partial charge in [0.05, 0.1) is 0 Å². The van der Waals surface area contributed by atoms with E-state index in [1.807, 2.05) is 24.3 Å². The molecule has 0 aliphatic carbocycles. The Hall–Kier alpha value is 1.46. The zero-order chi connectivity index (χ0) is 5.98. The molecule has 1 rings (SSSR count). The summed E-state index contributed by atoms with van der Waals surface area (Å²) in [7, 11) is 0. The van der Waals surface area contributed by atoms with Crippen molar-refractivity contribution in [2.24, 2.45) is 0 Å². The van der Waals surface area contributed by atoms with Crippen LogP contribution in [0.4, 0.5) is 0 Å². The Labute approximate surface area is 112 Å². The van der Waals surface area contributed by atoms with E-state index >= 15 is 0 Å². The number of halogens is 1. The third-order valence-electron chi connectivity index (χ3n) is 0.913. The Morgan fingerprint density at radius 1 is 1.11 bits per heavy atom. The van der Waals surface area contributed by atoms with Crippen molar-refractivity contribution >= 4 is 22.6 Å². The molecule has 0 aromatic heterocycles. The van der Waals surface area contributed by atoms with E-state index in [4.69, 9.17) is 0 Å². The van der Waals surface area contributed by atoms with Crippen LogP contribution >= 0.6 is 22.6 Å². The maximum Gasteiger partial charge on any atom is 1.00 e. The molecule has 1 aromatic rings. The van der Waals surface area contributed by atoms with Gasteiger partial charge in [-0.25, -0.2) is 0 Å². The van der Waals surface area contributed by atoms with E-state index in [2.05, 4.69) is 29.5 Å². The minimum Gasteiger partial charge on any atom is -0.199 e. The van der Waals surface area contributed by atoms with Gasteiger partial charge in [-0.1, -0.05) is 0 Å². The third-order valence-corrected chi connectivity index (χ3v) is 1.63. The van der Waals surface area contributed by atoms with Crippen molar-refractivity contribution < 1.29 is 51.4 Å². The molecule has 0 saturated heterocycles. The molecule has 0 N–H and O–H groups in total. The number of hydrogen-bond donors (Lipinski definition) is 0. The Morgan fingerprint density at radius 3 is 1.89 bits per heavy atom. The van der Waals surface area contributed by atoms with Crippen LogP contribution in [-0.2, 0) is 0 Å². The molecule has 0 aliphatic heterocycles. The topological polar surface area (TPSA) is 0 Å². The molecule has 0 saturated carbocycles. The summed E-state index contributed by atoms with van der Waals surface area (Å²) in [4.78, 5) is 0. The summed E-state index contributed by atoms with van der Waals surface area (Å²) in [5, 5.41) is 0. The molecule has 9 heavy (non-hydrogen) atoms. The van der Waals surface area contributed by atoms with Crippen LogP contribution in [0.1, 0.15) is 5.56 Å². The van der Waals surface area contributed by atoms with Crippen LogP contribution in [0, 0.1) is 10.5 Å². The standard InChI is InChI=1S/C7H6I.K/c1-6-2-4-7(8)5-3-6;/h2-5H,1H2;/q-1;+1. The average molecular weight is 256 g/mol. The molecule has 0 bridgehead atoms. The molecule has 2 heteroatoms. The van der Waals surface area contributed by atoms with Crippen molar-refractivity contribution in [3.05, 3.63) is 40.3 Å². The van der Waals surface area contributed by atoms with Gasteiger partial charge in [0.25, 0.3) is 0 Å². The summed E-state index contributed by atoms with van der Waals surface area (Å²) in [6.45, 7) is 3.76. The van der Waals surface area contributed by atoms with Gasteiger partial charge in [-0.15, -0.1) is 12.1 Å². The molecule has 0 heterocycles. The van der Waals surface area contributed by atoms with Crippen LogP contribution in [-0.4, -0.2) is 0 Å². The number of rotatable bonds is 0. The largest absolute Gasteiger partial charge is 1.00 e. The number of benzene rings is 1. The summed E-state index contributed by atoms with van der Waals surface area (Å²) in [5.74, 6) is 0. The predicted molar refractivity (Wildman–Crippen MR) is 43.6 cm³/mol. The van der Waals surface area contributed by atoms with Crippen molar-refractivity contribution in [2.45, 2.75) is 0 Å². The Bertz CT molecular complexity index is 148. The molecule has 0 radical (unpaired) electrons. The molecule has 0 atom stereocenters. The van der Waals surface area contributed by atoms with E-state index in [0.29, 0.717) is 0 Å². The van der Waals surface area contributed by atoms with Crippen LogP contribution in [0.2, 0.25) is 0 Å². The normalized spacial score (nSPS) is 8.11. The molecule has 0 amide bonds. The molecule has 1 aromatic carbocycles. The van der Waals surface area contributed by atoms with E-state index in [0.717, 1.165) is 5.56 Å². The van der Waals surface area contributed by atoms with Gasteiger partial charge in [-0.3, -0.25) is 0 Å². The van der Waals surface area contributed by atoms with Gasteiger partial charge in [-0.2, -0.15) is 24.6 Å². The quantitative estimate of drug-likeness (QED) is 0.333. The molecule has 0 unspecified atom stereocenters. The molecular weight excluding hydrogens is 250 g/mol. The van der Waals surface area contributed by atoms with Gasteiger partial charge in [0, 0.05) is 0 Å². The zero-order valence-electron chi connectivity index (χ0n) is 5.39. The third kappa shape index (κ3) is 4.01. The summed E-state index contributed by atoms with van der Waals surface area (Å²) >= 11 is 2.27. The van der Waals surface area contributed by atoms with Gasteiger partial charge in [0.1, 0.15) is 0 Å². The second kappa shape index (κ2) is 5.15. The van der Waals surface area contributed by atoms with Gasteiger partial charge < -0.3 is 0 Å². The SMILES string of the molecule is [CH2-]c1ccc(I)cc1.[K+]. The second-order valence-corrected chi connectivity index (χ2v) is 2.87. The first kappa shape index (κ1) is 10.5. The fraction of sp³-hybridized carbons (Fsp3) is 0. The Kier molecular flexibility index (Phi) is 5.99. The van der Waals surface area contributed by atoms with E-state index in [1.54, 1.807) is 0 Å². The molecule has 0 fully saturated rings. The maximum atomic E-state index is 3.76. The predicted octanol–water partition coefficient (Wildman–Crippen LogP) is -0.523. The van der Waals surface area contributed by atoms with Crippen molar-refractivity contribution in [2.75, 3.05) is 0 Å². The zero-order valence-corrected chi connectivity index (χ0v) is 10.7. The summed E-state index contributed by atoms with van der Waals surface area (Å²) in [6, 6.07) is 8.09. The minimum atomic E-state index is 0. The van der Waals surface area contributed by atoms with E-state index in [1.165, 1.54) is 3.57 Å². The van der Waals surface area contributed by atoms with E-state index in [-0.39, 0.29) is 51.4 Å². The first-order chi connectivity index (χ1) is 3.79. The van der Waals surface area contributed by atoms with Crippen LogP contribution in [0.5, 0.6) is 0 Å². The molecule has 0 spiro atoms. The van der Waals surface area contributed by atoms with Gasteiger partial charge in [-0.05, 0) is 26.2 Å². The van der Waals surface area contributed by atoms with Crippen LogP contribution in [0.3, 0.4) is 0 Å². The summed E-state index contributed by atoms with van der Waals surface area (Å²) in [5.41, 5.74) is 1.07. The van der Waals surface area contributed by atoms with Crippen LogP contribution in [0.25, 0.3) is 0 Å². The van der Waals surface area contributed by atoms with Crippen molar-refractivity contribution in [3.63, 3.8) is 0 Å². The molecule has 42 valence electrons. The first-order valence-corrected chi connectivity index (χ1v) is 3.44. The Morgan fingerprint density at radius 2 is 1.56 bits per heavy atom. The van der Waals surface area contributed by atoms with Crippen molar-refractivity contribution in [1.82, 2.24) is 0 Å². The molecule has 0 aliphatic rings. The fourth-order valence-corrected chi connectivity index (χ4v) is 0.844. The smallest absolute Gasteiger partial charge is 0.199 e. The van der Waals surface area contributed by atoms with Gasteiger partial charge >= 0.3 is 51.4 Å². The minimum absolute atomic E-state index is 0. The fourth-order valence-electron chi connectivity index (χ4n) is 0.484. The van der Waals surface area contributed by atoms with Crippen LogP contribution < -0.4 is 51.4 Å². The second-order valence-electron chi connectivity index (χ2n) is 1.63. The van der Waals surface area contributed by atoms with Crippen molar-refractivity contribution in [3.8, 4) is 0 Å². The monoisotopic (exact) mass is 256 g/mol. The average Bonchev–Trinajstić information content (AvgIpc) is 1.77. The van der Waals surface area contributed by atoms with Crippen molar-refractivity contribution in [1.29, 1.82) is 0 Å². The van der Waals surface area contributed by atoms with E-state index in [9.17, 15) is 0 Å². The van der Waals surface area contributed by atoms with Gasteiger partial charge in [0.15, 0.2) is 0 Å². The summed E-state index contributed by atoms with van der Waals surface area (Å²) in [6.07, 6.45) is 0. The van der Waals surface area contributed by atoms with Crippen LogP contribution in [0.15, 0.2) is 24.3 Å². The number of hydrogen-bond acceptors (Lipinski definition) is 0. The molecular formula is C7H6IK.